The van der Waals surface area contributed by atoms with Crippen molar-refractivity contribution in [3.05, 3.63) is 69.3 Å². The second-order valence-electron chi connectivity index (χ2n) is 5.07. The summed E-state index contributed by atoms with van der Waals surface area (Å²) in [6.45, 7) is 0.763. The molecule has 1 aliphatic rings. The molecule has 108 valence electrons. The monoisotopic (exact) mass is 457 g/mol. The predicted molar refractivity (Wildman–Crippen MR) is 94.0 cm³/mol. The first-order valence-corrected chi connectivity index (χ1v) is 10.2. The number of β-lactam (4-membered cyclic amide) rings is 1. The number of amides is 1. The first-order chi connectivity index (χ1) is 10.2. The van der Waals surface area contributed by atoms with Crippen molar-refractivity contribution >= 4 is 43.5 Å². The summed E-state index contributed by atoms with van der Waals surface area (Å²) in [5.74, 6) is 0.301. The Morgan fingerprint density at radius 3 is 2.52 bits per heavy atom. The molecule has 0 N–H and O–H groups in total. The van der Waals surface area contributed by atoms with E-state index in [4.69, 9.17) is 0 Å². The number of halogens is 1. The van der Waals surface area contributed by atoms with Crippen LogP contribution in [-0.4, -0.2) is 30.7 Å². The maximum atomic E-state index is 11.9. The van der Waals surface area contributed by atoms with E-state index in [0.717, 1.165) is 18.3 Å². The van der Waals surface area contributed by atoms with Gasteiger partial charge in [-0.2, -0.15) is 0 Å². The molecule has 1 aliphatic heterocycles. The molecule has 0 spiro atoms. The summed E-state index contributed by atoms with van der Waals surface area (Å²) in [5.41, 5.74) is 2.64. The van der Waals surface area contributed by atoms with Gasteiger partial charge in [-0.25, -0.2) is 0 Å². The molecule has 2 aromatic rings. The minimum absolute atomic E-state index is 0.301. The van der Waals surface area contributed by atoms with Crippen LogP contribution in [-0.2, 0) is 16.7 Å². The second kappa shape index (κ2) is 6.95. The third kappa shape index (κ3) is 3.68. The summed E-state index contributed by atoms with van der Waals surface area (Å²) in [7, 11) is 0. The average molecular weight is 456 g/mol. The number of carbonyl (C=O) groups excluding carboxylic acids is 1. The van der Waals surface area contributed by atoms with Crippen molar-refractivity contribution in [2.75, 3.05) is 0 Å². The van der Waals surface area contributed by atoms with Crippen molar-refractivity contribution in [3.63, 3.8) is 0 Å². The van der Waals surface area contributed by atoms with Crippen molar-refractivity contribution in [1.29, 1.82) is 0 Å². The van der Waals surface area contributed by atoms with Gasteiger partial charge in [0.15, 0.2) is 0 Å². The number of rotatable bonds is 5. The van der Waals surface area contributed by atoms with Crippen LogP contribution in [0, 0.1) is 3.57 Å². The summed E-state index contributed by atoms with van der Waals surface area (Å²) in [6.07, 6.45) is 0.732. The van der Waals surface area contributed by atoms with Gasteiger partial charge in [-0.15, -0.1) is 0 Å². The van der Waals surface area contributed by atoms with E-state index in [1.54, 1.807) is 0 Å². The summed E-state index contributed by atoms with van der Waals surface area (Å²) in [4.78, 5) is 14.4. The van der Waals surface area contributed by atoms with Gasteiger partial charge in [0.05, 0.1) is 0 Å². The van der Waals surface area contributed by atoms with Gasteiger partial charge in [0.25, 0.3) is 0 Å². The van der Waals surface area contributed by atoms with E-state index in [-0.39, 0.29) is 0 Å². The Morgan fingerprint density at radius 2 is 1.81 bits per heavy atom. The summed E-state index contributed by atoms with van der Waals surface area (Å²) in [5, 5.41) is 1.11. The molecular weight excluding hydrogens is 440 g/mol. The molecule has 1 heterocycles. The van der Waals surface area contributed by atoms with E-state index in [0.29, 0.717) is 25.8 Å². The minimum atomic E-state index is 0.301. The molecule has 21 heavy (non-hydrogen) atoms. The number of carbonyl (C=O) groups is 1. The van der Waals surface area contributed by atoms with Crippen LogP contribution in [0.5, 0.6) is 0 Å². The van der Waals surface area contributed by atoms with Gasteiger partial charge in [-0.05, 0) is 0 Å². The molecule has 0 bridgehead atoms. The van der Waals surface area contributed by atoms with Crippen molar-refractivity contribution in [1.82, 2.24) is 4.90 Å². The van der Waals surface area contributed by atoms with Gasteiger partial charge in [0, 0.05) is 0 Å². The van der Waals surface area contributed by atoms with Gasteiger partial charge in [0.2, 0.25) is 0 Å². The Kier molecular flexibility index (Phi) is 4.98. The molecule has 0 radical (unpaired) electrons. The Labute approximate surface area is 145 Å². The molecule has 4 heteroatoms. The fraction of sp³-hybridized carbons (Fsp3) is 0.235. The van der Waals surface area contributed by atoms with Crippen LogP contribution in [0.3, 0.4) is 0 Å². The van der Waals surface area contributed by atoms with Crippen LogP contribution in [0.4, 0.5) is 0 Å². The molecule has 3 rings (SSSR count). The third-order valence-electron chi connectivity index (χ3n) is 3.60. The zero-order chi connectivity index (χ0) is 14.7. The summed E-state index contributed by atoms with van der Waals surface area (Å²) < 4.78 is 1.24. The van der Waals surface area contributed by atoms with E-state index in [9.17, 15) is 4.79 Å². The van der Waals surface area contributed by atoms with E-state index in [1.165, 1.54) is 14.7 Å². The van der Waals surface area contributed by atoms with E-state index >= 15 is 0 Å². The number of hydrogen-bond acceptors (Lipinski definition) is 1. The van der Waals surface area contributed by atoms with Crippen molar-refractivity contribution in [2.45, 2.75) is 23.2 Å². The van der Waals surface area contributed by atoms with Crippen LogP contribution in [0.15, 0.2) is 54.6 Å². The molecule has 1 unspecified atom stereocenters. The maximum absolute atomic E-state index is 11.9. The Bertz CT molecular complexity index is 632. The molecule has 1 fully saturated rings. The van der Waals surface area contributed by atoms with E-state index in [2.05, 4.69) is 63.9 Å². The first-order valence-electron chi connectivity index (χ1n) is 6.92. The molecule has 0 saturated carbocycles. The Morgan fingerprint density at radius 1 is 1.10 bits per heavy atom. The van der Waals surface area contributed by atoms with Gasteiger partial charge < -0.3 is 0 Å². The number of nitrogens with zero attached hydrogens (tertiary/aromatic N) is 1. The molecule has 1 amide bonds. The van der Waals surface area contributed by atoms with Gasteiger partial charge in [0.1, 0.15) is 0 Å². The molecule has 0 aromatic heterocycles. The zero-order valence-corrected chi connectivity index (χ0v) is 15.4. The fourth-order valence-electron chi connectivity index (χ4n) is 2.34. The first kappa shape index (κ1) is 15.1. The third-order valence-corrected chi connectivity index (χ3v) is 7.39. The predicted octanol–water partition coefficient (Wildman–Crippen LogP) is 3.25. The van der Waals surface area contributed by atoms with Gasteiger partial charge in [-0.3, -0.25) is 0 Å². The zero-order valence-electron chi connectivity index (χ0n) is 11.5. The van der Waals surface area contributed by atoms with Gasteiger partial charge in [-0.1, -0.05) is 0 Å². The Hall–Kier alpha value is -0.841. The number of likely N-dealkylation sites (tertiary alicyclic amines) is 1. The summed E-state index contributed by atoms with van der Waals surface area (Å²) in [6, 6.07) is 18.9. The van der Waals surface area contributed by atoms with Crippen LogP contribution in [0.1, 0.15) is 17.5 Å². The normalized spacial score (nSPS) is 17.7. The Balaban J connectivity index is 1.60. The fourth-order valence-corrected chi connectivity index (χ4v) is 5.44. The van der Waals surface area contributed by atoms with Crippen LogP contribution < -0.4 is 0 Å². The van der Waals surface area contributed by atoms with Crippen molar-refractivity contribution in [3.8, 4) is 0 Å². The van der Waals surface area contributed by atoms with Crippen LogP contribution in [0.25, 0.3) is 0 Å². The van der Waals surface area contributed by atoms with Crippen LogP contribution >= 0.6 is 22.6 Å². The van der Waals surface area contributed by atoms with Gasteiger partial charge >= 0.3 is 146 Å². The van der Waals surface area contributed by atoms with E-state index < -0.39 is 0 Å². The molecule has 1 saturated heterocycles. The molecular formula is C17H16INOSe. The van der Waals surface area contributed by atoms with Crippen molar-refractivity contribution < 1.29 is 4.79 Å². The molecule has 2 aromatic carbocycles. The summed E-state index contributed by atoms with van der Waals surface area (Å²) >= 11 is 2.80. The second-order valence-corrected chi connectivity index (χ2v) is 8.68. The average Bonchev–Trinajstić information content (AvgIpc) is 2.51. The molecule has 1 atom stereocenters. The van der Waals surface area contributed by atoms with Crippen LogP contribution in [0.2, 0.25) is 0 Å². The quantitative estimate of drug-likeness (QED) is 0.385. The topological polar surface area (TPSA) is 20.3 Å². The number of benzene rings is 2. The van der Waals surface area contributed by atoms with E-state index in [1.807, 2.05) is 18.2 Å². The molecule has 2 nitrogen and oxygen atoms in total. The number of hydrogen-bond donors (Lipinski definition) is 0. The SMILES string of the molecule is O=C1CC([Se]Cc2ccccc2)N1Cc1ccccc1I. The molecule has 0 aliphatic carbocycles. The standard InChI is InChI=1S/C17H16INOSe/c18-15-9-5-4-8-14(15)11-19-16(20)10-17(19)21-12-13-6-2-1-3-7-13/h1-9,17H,10-12H2. The van der Waals surface area contributed by atoms with Crippen molar-refractivity contribution in [2.24, 2.45) is 0 Å².